The predicted octanol–water partition coefficient (Wildman–Crippen LogP) is 2.52. The van der Waals surface area contributed by atoms with E-state index in [1.165, 1.54) is 0 Å². The van der Waals surface area contributed by atoms with E-state index in [1.54, 1.807) is 0 Å². The first-order valence-electron chi connectivity index (χ1n) is 6.83. The lowest BCUT2D eigenvalue weighted by Gasteiger charge is -2.21. The van der Waals surface area contributed by atoms with Crippen LogP contribution in [0.4, 0.5) is 11.5 Å². The molecule has 4 nitrogen and oxygen atoms in total. The summed E-state index contributed by atoms with van der Waals surface area (Å²) in [6, 6.07) is 4.59. The van der Waals surface area contributed by atoms with Crippen LogP contribution in [0.25, 0.3) is 0 Å². The van der Waals surface area contributed by atoms with Crippen molar-refractivity contribution >= 4 is 11.5 Å². The van der Waals surface area contributed by atoms with E-state index in [0.29, 0.717) is 6.04 Å². The summed E-state index contributed by atoms with van der Waals surface area (Å²) in [4.78, 5) is 6.75. The first-order valence-corrected chi connectivity index (χ1v) is 6.83. The Kier molecular flexibility index (Phi) is 4.42. The lowest BCUT2D eigenvalue weighted by molar-refractivity contribution is 0.121. The Morgan fingerprint density at radius 3 is 2.67 bits per heavy atom. The molecule has 0 saturated carbocycles. The van der Waals surface area contributed by atoms with Gasteiger partial charge in [-0.2, -0.15) is 0 Å². The zero-order chi connectivity index (χ0) is 13.0. The quantitative estimate of drug-likeness (QED) is 0.870. The molecule has 100 valence electrons. The second kappa shape index (κ2) is 6.05. The minimum absolute atomic E-state index is 0.285. The molecule has 2 heterocycles. The van der Waals surface area contributed by atoms with Gasteiger partial charge in [-0.05, 0) is 39.3 Å². The van der Waals surface area contributed by atoms with Crippen LogP contribution in [-0.2, 0) is 4.74 Å². The Morgan fingerprint density at radius 2 is 2.17 bits per heavy atom. The zero-order valence-corrected chi connectivity index (χ0v) is 11.5. The van der Waals surface area contributed by atoms with Gasteiger partial charge in [0.1, 0.15) is 5.82 Å². The molecule has 1 saturated heterocycles. The van der Waals surface area contributed by atoms with E-state index >= 15 is 0 Å². The van der Waals surface area contributed by atoms with E-state index in [1.807, 2.05) is 6.20 Å². The van der Waals surface area contributed by atoms with Gasteiger partial charge >= 0.3 is 0 Å². The number of rotatable bonds is 5. The van der Waals surface area contributed by atoms with Gasteiger partial charge in [0.05, 0.1) is 24.0 Å². The molecule has 1 aliphatic heterocycles. The molecule has 1 aliphatic rings. The molecule has 1 fully saturated rings. The fraction of sp³-hybridized carbons (Fsp3) is 0.643. The van der Waals surface area contributed by atoms with Gasteiger partial charge in [0, 0.05) is 19.7 Å². The molecule has 2 rings (SSSR count). The molecular weight excluding hydrogens is 226 g/mol. The zero-order valence-electron chi connectivity index (χ0n) is 11.5. The first kappa shape index (κ1) is 13.1. The topological polar surface area (TPSA) is 37.4 Å². The van der Waals surface area contributed by atoms with Gasteiger partial charge < -0.3 is 15.0 Å². The number of anilines is 2. The summed E-state index contributed by atoms with van der Waals surface area (Å²) in [5, 5.41) is 3.49. The van der Waals surface area contributed by atoms with E-state index in [4.69, 9.17) is 4.74 Å². The maximum Gasteiger partial charge on any atom is 0.128 e. The second-order valence-electron chi connectivity index (χ2n) is 4.69. The maximum absolute atomic E-state index is 5.54. The second-order valence-corrected chi connectivity index (χ2v) is 4.69. The van der Waals surface area contributed by atoms with Crippen molar-refractivity contribution in [2.75, 3.05) is 29.9 Å². The van der Waals surface area contributed by atoms with Crippen LogP contribution >= 0.6 is 0 Å². The predicted molar refractivity (Wildman–Crippen MR) is 75.2 cm³/mol. The Balaban J connectivity index is 1.99. The Labute approximate surface area is 109 Å². The van der Waals surface area contributed by atoms with Crippen LogP contribution in [0.1, 0.15) is 27.2 Å². The molecule has 18 heavy (non-hydrogen) atoms. The molecular formula is C14H23N3O. The summed E-state index contributed by atoms with van der Waals surface area (Å²) in [5.74, 6) is 1.04. The van der Waals surface area contributed by atoms with Gasteiger partial charge in [0.15, 0.2) is 0 Å². The highest BCUT2D eigenvalue weighted by molar-refractivity contribution is 5.49. The maximum atomic E-state index is 5.54. The van der Waals surface area contributed by atoms with E-state index in [2.05, 4.69) is 48.1 Å². The van der Waals surface area contributed by atoms with Crippen molar-refractivity contribution in [3.05, 3.63) is 18.3 Å². The summed E-state index contributed by atoms with van der Waals surface area (Å²) >= 11 is 0. The third kappa shape index (κ3) is 2.93. The fourth-order valence-corrected chi connectivity index (χ4v) is 2.34. The van der Waals surface area contributed by atoms with Gasteiger partial charge in [-0.1, -0.05) is 0 Å². The van der Waals surface area contributed by atoms with Crippen LogP contribution in [0, 0.1) is 0 Å². The highest BCUT2D eigenvalue weighted by Crippen LogP contribution is 2.20. The molecule has 0 spiro atoms. The van der Waals surface area contributed by atoms with Crippen LogP contribution in [-0.4, -0.2) is 36.8 Å². The summed E-state index contributed by atoms with van der Waals surface area (Å²) in [7, 11) is 0. The molecule has 1 aromatic rings. The average molecular weight is 249 g/mol. The van der Waals surface area contributed by atoms with Gasteiger partial charge in [0.2, 0.25) is 0 Å². The van der Waals surface area contributed by atoms with Gasteiger partial charge in [-0.15, -0.1) is 0 Å². The highest BCUT2D eigenvalue weighted by Gasteiger charge is 2.23. The number of pyridine rings is 1. The van der Waals surface area contributed by atoms with Crippen molar-refractivity contribution in [2.45, 2.75) is 39.3 Å². The normalized spacial score (nSPS) is 23.1. The molecule has 2 atom stereocenters. The number of hydrogen-bond acceptors (Lipinski definition) is 4. The lowest BCUT2D eigenvalue weighted by atomic mass is 10.1. The molecule has 1 N–H and O–H groups in total. The number of nitrogens with zero attached hydrogens (tertiary/aromatic N) is 2. The number of nitrogens with one attached hydrogen (secondary N) is 1. The molecule has 0 aromatic carbocycles. The van der Waals surface area contributed by atoms with Crippen LogP contribution in [0.3, 0.4) is 0 Å². The van der Waals surface area contributed by atoms with Gasteiger partial charge in [-0.25, -0.2) is 4.98 Å². The van der Waals surface area contributed by atoms with E-state index in [-0.39, 0.29) is 6.10 Å². The Hall–Kier alpha value is -1.29. The molecule has 1 aromatic heterocycles. The summed E-state index contributed by atoms with van der Waals surface area (Å²) in [5.41, 5.74) is 1.08. The smallest absolute Gasteiger partial charge is 0.128 e. The van der Waals surface area contributed by atoms with E-state index in [0.717, 1.165) is 37.6 Å². The van der Waals surface area contributed by atoms with Gasteiger partial charge in [-0.3, -0.25) is 0 Å². The summed E-state index contributed by atoms with van der Waals surface area (Å²) in [6.45, 7) is 9.24. The Bertz CT molecular complexity index is 362. The van der Waals surface area contributed by atoms with Crippen LogP contribution in [0.5, 0.6) is 0 Å². The van der Waals surface area contributed by atoms with Crippen LogP contribution in [0.2, 0.25) is 0 Å². The average Bonchev–Trinajstić information content (AvgIpc) is 2.79. The van der Waals surface area contributed by atoms with Crippen molar-refractivity contribution in [2.24, 2.45) is 0 Å². The molecule has 0 radical (unpaired) electrons. The molecule has 0 bridgehead atoms. The Morgan fingerprint density at radius 1 is 1.39 bits per heavy atom. The third-order valence-electron chi connectivity index (χ3n) is 3.56. The van der Waals surface area contributed by atoms with E-state index in [9.17, 15) is 0 Å². The third-order valence-corrected chi connectivity index (χ3v) is 3.56. The largest absolute Gasteiger partial charge is 0.378 e. The number of ether oxygens (including phenoxy) is 1. The van der Waals surface area contributed by atoms with E-state index < -0.39 is 0 Å². The minimum Gasteiger partial charge on any atom is -0.378 e. The van der Waals surface area contributed by atoms with Gasteiger partial charge in [0.25, 0.3) is 0 Å². The summed E-state index contributed by atoms with van der Waals surface area (Å²) in [6.07, 6.45) is 3.27. The molecule has 4 heteroatoms. The van der Waals surface area contributed by atoms with Crippen LogP contribution in [0.15, 0.2) is 18.3 Å². The van der Waals surface area contributed by atoms with Crippen LogP contribution < -0.4 is 10.2 Å². The fourth-order valence-electron chi connectivity index (χ4n) is 2.34. The summed E-state index contributed by atoms with van der Waals surface area (Å²) < 4.78 is 5.54. The SMILES string of the molecule is CCN(CC)c1ccc(NC2CCOC2C)cn1. The monoisotopic (exact) mass is 249 g/mol. The lowest BCUT2D eigenvalue weighted by Crippen LogP contribution is -2.27. The molecule has 2 unspecified atom stereocenters. The minimum atomic E-state index is 0.285. The van der Waals surface area contributed by atoms with Crippen molar-refractivity contribution in [1.82, 2.24) is 4.98 Å². The van der Waals surface area contributed by atoms with Crippen molar-refractivity contribution in [3.63, 3.8) is 0 Å². The number of aromatic nitrogens is 1. The van der Waals surface area contributed by atoms with Crippen molar-refractivity contribution < 1.29 is 4.74 Å². The standard InChI is InChI=1S/C14H23N3O/c1-4-17(5-2)14-7-6-12(10-15-14)16-13-8-9-18-11(13)3/h6-7,10-11,13,16H,4-5,8-9H2,1-3H3. The highest BCUT2D eigenvalue weighted by atomic mass is 16.5. The first-order chi connectivity index (χ1) is 8.74. The molecule has 0 amide bonds. The van der Waals surface area contributed by atoms with Crippen molar-refractivity contribution in [3.8, 4) is 0 Å². The molecule has 0 aliphatic carbocycles. The number of hydrogen-bond donors (Lipinski definition) is 1. The van der Waals surface area contributed by atoms with Crippen molar-refractivity contribution in [1.29, 1.82) is 0 Å².